The smallest absolute Gasteiger partial charge is 0.354 e. The Kier molecular flexibility index (Phi) is 13.6. The van der Waals surface area contributed by atoms with E-state index in [4.69, 9.17) is 23.1 Å². The Bertz CT molecular complexity index is 1570. The monoisotopic (exact) mass is 623 g/mol. The zero-order valence-corrected chi connectivity index (χ0v) is 27.3. The number of halogens is 2. The second kappa shape index (κ2) is 17.1. The number of nitrogens with zero attached hydrogens (tertiary/aromatic N) is 3. The second-order valence-corrected chi connectivity index (χ2v) is 11.4. The minimum absolute atomic E-state index is 0.0598. The predicted octanol–water partition coefficient (Wildman–Crippen LogP) is 7.07. The highest BCUT2D eigenvalue weighted by molar-refractivity contribution is 6.31. The maximum absolute atomic E-state index is 15.1. The van der Waals surface area contributed by atoms with Crippen LogP contribution in [0.3, 0.4) is 0 Å². The zero-order chi connectivity index (χ0) is 32.2. The molecule has 44 heavy (non-hydrogen) atoms. The second-order valence-electron chi connectivity index (χ2n) is 11.0. The number of benzene rings is 2. The highest BCUT2D eigenvalue weighted by atomic mass is 35.5. The molecule has 2 aromatic heterocycles. The lowest BCUT2D eigenvalue weighted by molar-refractivity contribution is 0.490. The number of H-pyrrole nitrogens is 1. The van der Waals surface area contributed by atoms with E-state index in [1.54, 1.807) is 31.3 Å². The van der Waals surface area contributed by atoms with Crippen molar-refractivity contribution in [3.05, 3.63) is 81.1 Å². The summed E-state index contributed by atoms with van der Waals surface area (Å²) in [4.78, 5) is 24.6. The third-order valence-corrected chi connectivity index (χ3v) is 7.52. The Labute approximate surface area is 265 Å². The first-order valence-electron chi connectivity index (χ1n) is 15.6. The molecule has 0 amide bonds. The Hall–Kier alpha value is -3.53. The van der Waals surface area contributed by atoms with E-state index in [0.29, 0.717) is 40.4 Å². The molecule has 0 fully saturated rings. The summed E-state index contributed by atoms with van der Waals surface area (Å²) in [6, 6.07) is 13.5. The SMILES string of the molecule is CC.CCCC(NCCCN=C(C)N)c1ccc(-n2cc3cc(-c4cc(CCCC(C)N)cc(Cl)c4F)[nH]c3nc2=O)cc1. The van der Waals surface area contributed by atoms with Crippen LogP contribution >= 0.6 is 11.6 Å². The summed E-state index contributed by atoms with van der Waals surface area (Å²) in [5.74, 6) is 0.0893. The number of aryl methyl sites for hydroxylation is 1. The van der Waals surface area contributed by atoms with Crippen molar-refractivity contribution in [1.82, 2.24) is 19.9 Å². The first-order valence-corrected chi connectivity index (χ1v) is 16.0. The number of aliphatic imine (C=N–C) groups is 1. The number of aromatic amines is 1. The molecule has 0 saturated heterocycles. The third kappa shape index (κ3) is 9.48. The highest BCUT2D eigenvalue weighted by Crippen LogP contribution is 2.31. The van der Waals surface area contributed by atoms with E-state index < -0.39 is 11.5 Å². The van der Waals surface area contributed by atoms with Crippen molar-refractivity contribution in [1.29, 1.82) is 0 Å². The van der Waals surface area contributed by atoms with Gasteiger partial charge in [-0.05, 0) is 94.0 Å². The number of nitrogens with one attached hydrogen (secondary N) is 2. The zero-order valence-electron chi connectivity index (χ0n) is 26.6. The number of aromatic nitrogens is 3. The molecule has 0 saturated carbocycles. The molecule has 2 aromatic carbocycles. The van der Waals surface area contributed by atoms with Gasteiger partial charge in [-0.2, -0.15) is 4.98 Å². The molecule has 4 aromatic rings. The maximum Gasteiger partial charge on any atom is 0.354 e. The molecule has 4 rings (SSSR count). The lowest BCUT2D eigenvalue weighted by Crippen LogP contribution is -2.23. The van der Waals surface area contributed by atoms with Crippen molar-refractivity contribution in [2.24, 2.45) is 16.5 Å². The van der Waals surface area contributed by atoms with Crippen molar-refractivity contribution in [3.8, 4) is 16.9 Å². The summed E-state index contributed by atoms with van der Waals surface area (Å²) in [6.07, 6.45) is 7.15. The minimum atomic E-state index is -0.512. The van der Waals surface area contributed by atoms with E-state index in [2.05, 4.69) is 27.2 Å². The van der Waals surface area contributed by atoms with Crippen molar-refractivity contribution in [2.75, 3.05) is 13.1 Å². The first kappa shape index (κ1) is 35.0. The summed E-state index contributed by atoms with van der Waals surface area (Å²) in [5.41, 5.74) is 15.1. The Morgan fingerprint density at radius 3 is 2.55 bits per heavy atom. The van der Waals surface area contributed by atoms with Crippen LogP contribution in [0.1, 0.15) is 83.9 Å². The molecule has 6 N–H and O–H groups in total. The number of fused-ring (bicyclic) bond motifs is 1. The van der Waals surface area contributed by atoms with Crippen LogP contribution in [0.4, 0.5) is 4.39 Å². The van der Waals surface area contributed by atoms with Gasteiger partial charge in [0.1, 0.15) is 5.65 Å². The van der Waals surface area contributed by atoms with E-state index in [-0.39, 0.29) is 17.1 Å². The fourth-order valence-electron chi connectivity index (χ4n) is 5.09. The van der Waals surface area contributed by atoms with Gasteiger partial charge in [-0.15, -0.1) is 0 Å². The molecule has 0 aliphatic heterocycles. The average molecular weight is 624 g/mol. The molecule has 2 unspecified atom stereocenters. The first-order chi connectivity index (χ1) is 21.2. The van der Waals surface area contributed by atoms with Crippen molar-refractivity contribution >= 4 is 28.5 Å². The van der Waals surface area contributed by atoms with Gasteiger partial charge in [-0.3, -0.25) is 9.56 Å². The van der Waals surface area contributed by atoms with Crippen molar-refractivity contribution < 1.29 is 4.39 Å². The predicted molar refractivity (Wildman–Crippen MR) is 182 cm³/mol. The van der Waals surface area contributed by atoms with Crippen LogP contribution in [-0.4, -0.2) is 39.5 Å². The van der Waals surface area contributed by atoms with Gasteiger partial charge in [0.15, 0.2) is 5.82 Å². The average Bonchev–Trinajstić information content (AvgIpc) is 3.41. The topological polar surface area (TPSA) is 127 Å². The third-order valence-electron chi connectivity index (χ3n) is 7.25. The lowest BCUT2D eigenvalue weighted by atomic mass is 10.0. The van der Waals surface area contributed by atoms with Gasteiger partial charge in [0.05, 0.1) is 22.2 Å². The Morgan fingerprint density at radius 1 is 1.16 bits per heavy atom. The Balaban J connectivity index is 0.00000259. The molecule has 10 heteroatoms. The van der Waals surface area contributed by atoms with E-state index in [0.717, 1.165) is 56.2 Å². The van der Waals surface area contributed by atoms with Gasteiger partial charge in [0.25, 0.3) is 0 Å². The summed E-state index contributed by atoms with van der Waals surface area (Å²) in [5, 5.41) is 4.36. The lowest BCUT2D eigenvalue weighted by Gasteiger charge is -2.19. The summed E-state index contributed by atoms with van der Waals surface area (Å²) in [6.45, 7) is 11.5. The molecule has 2 heterocycles. The van der Waals surface area contributed by atoms with Crippen LogP contribution < -0.4 is 22.5 Å². The van der Waals surface area contributed by atoms with Gasteiger partial charge >= 0.3 is 5.69 Å². The largest absolute Gasteiger partial charge is 0.388 e. The van der Waals surface area contributed by atoms with Crippen LogP contribution in [0.25, 0.3) is 28.0 Å². The molecule has 0 aliphatic rings. The molecular formula is C34H47ClFN7O. The Morgan fingerprint density at radius 2 is 1.89 bits per heavy atom. The summed E-state index contributed by atoms with van der Waals surface area (Å²) in [7, 11) is 0. The molecule has 8 nitrogen and oxygen atoms in total. The number of hydrogen-bond acceptors (Lipinski definition) is 5. The van der Waals surface area contributed by atoms with E-state index in [1.165, 1.54) is 4.57 Å². The van der Waals surface area contributed by atoms with Gasteiger partial charge in [-0.25, -0.2) is 9.18 Å². The molecular weight excluding hydrogens is 577 g/mol. The molecule has 0 radical (unpaired) electrons. The van der Waals surface area contributed by atoms with E-state index >= 15 is 4.39 Å². The van der Waals surface area contributed by atoms with Crippen LogP contribution in [0.5, 0.6) is 0 Å². The maximum atomic E-state index is 15.1. The van der Waals surface area contributed by atoms with Crippen LogP contribution in [-0.2, 0) is 6.42 Å². The van der Waals surface area contributed by atoms with E-state index in [9.17, 15) is 4.79 Å². The van der Waals surface area contributed by atoms with Crippen LogP contribution in [0.15, 0.2) is 58.4 Å². The summed E-state index contributed by atoms with van der Waals surface area (Å²) >= 11 is 6.25. The number of amidine groups is 1. The molecule has 0 aliphatic carbocycles. The minimum Gasteiger partial charge on any atom is -0.388 e. The van der Waals surface area contributed by atoms with Crippen molar-refractivity contribution in [3.63, 3.8) is 0 Å². The quantitative estimate of drug-likeness (QED) is 0.0679. The molecule has 0 spiro atoms. The van der Waals surface area contributed by atoms with Crippen LogP contribution in [0.2, 0.25) is 5.02 Å². The van der Waals surface area contributed by atoms with Crippen molar-refractivity contribution in [2.45, 2.75) is 85.2 Å². The van der Waals surface area contributed by atoms with Crippen LogP contribution in [0, 0.1) is 5.82 Å². The standard InChI is InChI=1S/C32H41ClFN7O.C2H6/c1-4-7-28(38-15-6-14-37-21(3)36)23-10-12-25(13-11-23)41-19-24-18-29(39-31(24)40-32(41)42)26-16-22(9-5-8-20(2)35)17-27(33)30(26)34;1-2/h10-13,16-20,28,38H,4-9,14-15,35H2,1-3H3,(H2,36,37)(H,39,40,42);1-2H3. The fourth-order valence-corrected chi connectivity index (χ4v) is 5.33. The van der Waals surface area contributed by atoms with Gasteiger partial charge < -0.3 is 21.8 Å². The normalized spacial score (nSPS) is 13.0. The van der Waals surface area contributed by atoms with E-state index in [1.807, 2.05) is 45.0 Å². The summed E-state index contributed by atoms with van der Waals surface area (Å²) < 4.78 is 16.6. The highest BCUT2D eigenvalue weighted by Gasteiger charge is 2.16. The number of hydrogen-bond donors (Lipinski definition) is 4. The van der Waals surface area contributed by atoms with Gasteiger partial charge in [0, 0.05) is 35.8 Å². The molecule has 0 bridgehead atoms. The van der Waals surface area contributed by atoms with Gasteiger partial charge in [-0.1, -0.05) is 50.9 Å². The molecule has 2 atom stereocenters. The number of rotatable bonds is 14. The number of nitrogens with two attached hydrogens (primary N) is 2. The fraction of sp³-hybridized carbons (Fsp3) is 0.441. The van der Waals surface area contributed by atoms with Gasteiger partial charge in [0.2, 0.25) is 0 Å². The molecule has 238 valence electrons.